The van der Waals surface area contributed by atoms with E-state index in [0.717, 1.165) is 0 Å². The fraction of sp³-hybridized carbons (Fsp3) is 0.200. The predicted molar refractivity (Wildman–Crippen MR) is 59.1 cm³/mol. The number of benzene rings is 1. The van der Waals surface area contributed by atoms with Crippen LogP contribution in [0.5, 0.6) is 0 Å². The Labute approximate surface area is 80.8 Å². The molecule has 0 radical (unpaired) electrons. The zero-order valence-electron chi connectivity index (χ0n) is 6.69. The lowest BCUT2D eigenvalue weighted by molar-refractivity contribution is 1.25. The average Bonchev–Trinajstić information content (AvgIpc) is 2.59. The zero-order valence-corrected chi connectivity index (χ0v) is 8.33. The van der Waals surface area contributed by atoms with E-state index in [1.807, 2.05) is 21.6 Å². The second-order valence-corrected chi connectivity index (χ2v) is 5.22. The quantitative estimate of drug-likeness (QED) is 0.623. The predicted octanol–water partition coefficient (Wildman–Crippen LogP) is 3.81. The number of rotatable bonds is 1. The molecule has 1 aromatic rings. The molecule has 0 N–H and O–H groups in total. The van der Waals surface area contributed by atoms with Gasteiger partial charge in [0, 0.05) is 5.75 Å². The van der Waals surface area contributed by atoms with Gasteiger partial charge in [-0.2, -0.15) is 0 Å². The van der Waals surface area contributed by atoms with E-state index in [1.165, 1.54) is 22.6 Å². The summed E-state index contributed by atoms with van der Waals surface area (Å²) in [5.74, 6) is 1.27. The molecule has 1 aromatic carbocycles. The maximum atomic E-state index is 2.28. The smallest absolute Gasteiger partial charge is 0.00861 e. The standard InChI is InChI=1S/C10H10S2/c1-2-4-9(5-3-1)8-10-6-7-11-12-10/h1-5,8H,6-7H2/b10-8+. The lowest BCUT2D eigenvalue weighted by Gasteiger charge is -1.94. The lowest BCUT2D eigenvalue weighted by atomic mass is 10.2. The van der Waals surface area contributed by atoms with Crippen molar-refractivity contribution in [1.82, 2.24) is 0 Å². The van der Waals surface area contributed by atoms with Gasteiger partial charge in [-0.05, 0) is 23.0 Å². The molecule has 0 aromatic heterocycles. The van der Waals surface area contributed by atoms with Gasteiger partial charge in [-0.25, -0.2) is 0 Å². The van der Waals surface area contributed by atoms with Gasteiger partial charge in [0.2, 0.25) is 0 Å². The summed E-state index contributed by atoms with van der Waals surface area (Å²) >= 11 is 0. The Kier molecular flexibility index (Phi) is 2.79. The Morgan fingerprint density at radius 1 is 1.17 bits per heavy atom. The van der Waals surface area contributed by atoms with E-state index < -0.39 is 0 Å². The highest BCUT2D eigenvalue weighted by atomic mass is 33.1. The van der Waals surface area contributed by atoms with Gasteiger partial charge in [0.25, 0.3) is 0 Å². The van der Waals surface area contributed by atoms with E-state index in [1.54, 1.807) is 0 Å². The fourth-order valence-electron chi connectivity index (χ4n) is 1.13. The summed E-state index contributed by atoms with van der Waals surface area (Å²) in [5.41, 5.74) is 1.32. The molecule has 0 aliphatic carbocycles. The third-order valence-electron chi connectivity index (χ3n) is 1.72. The molecule has 0 amide bonds. The monoisotopic (exact) mass is 194 g/mol. The first kappa shape index (κ1) is 8.27. The molecule has 1 fully saturated rings. The van der Waals surface area contributed by atoms with Gasteiger partial charge >= 0.3 is 0 Å². The molecule has 0 atom stereocenters. The summed E-state index contributed by atoms with van der Waals surface area (Å²) in [7, 11) is 3.86. The zero-order chi connectivity index (χ0) is 8.23. The second-order valence-electron chi connectivity index (χ2n) is 2.68. The van der Waals surface area contributed by atoms with Gasteiger partial charge in [0.05, 0.1) is 0 Å². The summed E-state index contributed by atoms with van der Waals surface area (Å²) in [6.45, 7) is 0. The van der Waals surface area contributed by atoms with Gasteiger partial charge < -0.3 is 0 Å². The minimum atomic E-state index is 1.24. The fourth-order valence-corrected chi connectivity index (χ4v) is 3.52. The molecular weight excluding hydrogens is 184 g/mol. The average molecular weight is 194 g/mol. The maximum Gasteiger partial charge on any atom is 0.00861 e. The summed E-state index contributed by atoms with van der Waals surface area (Å²) in [4.78, 5) is 1.51. The number of hydrogen-bond donors (Lipinski definition) is 0. The van der Waals surface area contributed by atoms with Gasteiger partial charge in [-0.15, -0.1) is 0 Å². The first-order valence-corrected chi connectivity index (χ1v) is 6.32. The van der Waals surface area contributed by atoms with E-state index in [-0.39, 0.29) is 0 Å². The van der Waals surface area contributed by atoms with Crippen LogP contribution in [0.25, 0.3) is 6.08 Å². The first-order chi connectivity index (χ1) is 5.95. The molecule has 1 saturated heterocycles. The lowest BCUT2D eigenvalue weighted by Crippen LogP contribution is -1.72. The van der Waals surface area contributed by atoms with Gasteiger partial charge in [0.1, 0.15) is 0 Å². The molecule has 12 heavy (non-hydrogen) atoms. The molecule has 1 aliphatic rings. The van der Waals surface area contributed by atoms with Crippen LogP contribution in [0.15, 0.2) is 35.2 Å². The second kappa shape index (κ2) is 4.06. The van der Waals surface area contributed by atoms with Crippen molar-refractivity contribution in [1.29, 1.82) is 0 Å². The Bertz CT molecular complexity index is 269. The molecule has 0 nitrogen and oxygen atoms in total. The van der Waals surface area contributed by atoms with Crippen LogP contribution < -0.4 is 0 Å². The van der Waals surface area contributed by atoms with Crippen molar-refractivity contribution in [2.75, 3.05) is 5.75 Å². The van der Waals surface area contributed by atoms with Crippen molar-refractivity contribution in [3.05, 3.63) is 40.8 Å². The molecule has 62 valence electrons. The van der Waals surface area contributed by atoms with E-state index in [4.69, 9.17) is 0 Å². The molecule has 0 saturated carbocycles. The van der Waals surface area contributed by atoms with Crippen LogP contribution in [-0.2, 0) is 0 Å². The van der Waals surface area contributed by atoms with Crippen LogP contribution in [0.2, 0.25) is 0 Å². The minimum Gasteiger partial charge on any atom is -0.0889 e. The van der Waals surface area contributed by atoms with Crippen LogP contribution in [0.3, 0.4) is 0 Å². The molecule has 0 spiro atoms. The van der Waals surface area contributed by atoms with Gasteiger partial charge in [0.15, 0.2) is 0 Å². The summed E-state index contributed by atoms with van der Waals surface area (Å²) in [6, 6.07) is 10.5. The minimum absolute atomic E-state index is 1.24. The molecule has 0 unspecified atom stereocenters. The number of allylic oxidation sites excluding steroid dienone is 1. The summed E-state index contributed by atoms with van der Waals surface area (Å²) < 4.78 is 0. The van der Waals surface area contributed by atoms with Crippen molar-refractivity contribution in [2.24, 2.45) is 0 Å². The largest absolute Gasteiger partial charge is 0.0889 e. The topological polar surface area (TPSA) is 0 Å². The van der Waals surface area contributed by atoms with Crippen LogP contribution in [0, 0.1) is 0 Å². The Morgan fingerprint density at radius 2 is 2.00 bits per heavy atom. The number of hydrogen-bond acceptors (Lipinski definition) is 2. The van der Waals surface area contributed by atoms with Crippen molar-refractivity contribution in [3.8, 4) is 0 Å². The van der Waals surface area contributed by atoms with Crippen LogP contribution >= 0.6 is 21.6 Å². The molecule has 1 heterocycles. The highest BCUT2D eigenvalue weighted by Gasteiger charge is 2.07. The normalized spacial score (nSPS) is 20.2. The van der Waals surface area contributed by atoms with Crippen LogP contribution in [0.1, 0.15) is 12.0 Å². The van der Waals surface area contributed by atoms with Crippen LogP contribution in [-0.4, -0.2) is 5.75 Å². The first-order valence-electron chi connectivity index (χ1n) is 4.00. The Hall–Kier alpha value is -0.340. The van der Waals surface area contributed by atoms with Crippen molar-refractivity contribution in [3.63, 3.8) is 0 Å². The molecule has 0 bridgehead atoms. The van der Waals surface area contributed by atoms with Gasteiger partial charge in [-0.3, -0.25) is 0 Å². The summed E-state index contributed by atoms with van der Waals surface area (Å²) in [6.07, 6.45) is 3.52. The Morgan fingerprint density at radius 3 is 2.67 bits per heavy atom. The third-order valence-corrected chi connectivity index (χ3v) is 4.25. The van der Waals surface area contributed by atoms with Crippen LogP contribution in [0.4, 0.5) is 0 Å². The van der Waals surface area contributed by atoms with Gasteiger partial charge in [-0.1, -0.05) is 51.9 Å². The van der Waals surface area contributed by atoms with Crippen molar-refractivity contribution >= 4 is 27.7 Å². The van der Waals surface area contributed by atoms with E-state index >= 15 is 0 Å². The Balaban J connectivity index is 2.16. The SMILES string of the molecule is C(=C1/CCSS1)/c1ccccc1. The van der Waals surface area contributed by atoms with E-state index in [2.05, 4.69) is 36.4 Å². The van der Waals surface area contributed by atoms with Crippen molar-refractivity contribution < 1.29 is 0 Å². The highest BCUT2D eigenvalue weighted by molar-refractivity contribution is 8.78. The molecule has 2 rings (SSSR count). The molecular formula is C10H10S2. The maximum absolute atomic E-state index is 2.28. The highest BCUT2D eigenvalue weighted by Crippen LogP contribution is 2.41. The molecule has 1 aliphatic heterocycles. The van der Waals surface area contributed by atoms with Crippen molar-refractivity contribution in [2.45, 2.75) is 6.42 Å². The third kappa shape index (κ3) is 2.08. The van der Waals surface area contributed by atoms with E-state index in [9.17, 15) is 0 Å². The molecule has 2 heteroatoms. The summed E-state index contributed by atoms with van der Waals surface area (Å²) in [5, 5.41) is 0. The van der Waals surface area contributed by atoms with E-state index in [0.29, 0.717) is 0 Å².